The Morgan fingerprint density at radius 3 is 2.21 bits per heavy atom. The quantitative estimate of drug-likeness (QED) is 0.831. The largest absolute Gasteiger partial charge is 0.416 e. The van der Waals surface area contributed by atoms with Gasteiger partial charge in [-0.25, -0.2) is 4.39 Å². The molecule has 1 nitrogen and oxygen atoms in total. The Hall–Kier alpha value is -1.10. The van der Waals surface area contributed by atoms with Crippen LogP contribution >= 0.6 is 0 Å². The Kier molecular flexibility index (Phi) is 4.45. The van der Waals surface area contributed by atoms with E-state index in [1.54, 1.807) is 0 Å². The minimum Gasteiger partial charge on any atom is -0.317 e. The summed E-state index contributed by atoms with van der Waals surface area (Å²) in [6, 6.07) is 4.78. The fourth-order valence-electron chi connectivity index (χ4n) is 2.43. The smallest absolute Gasteiger partial charge is 0.317 e. The van der Waals surface area contributed by atoms with Crippen molar-refractivity contribution in [3.05, 3.63) is 35.4 Å². The molecule has 1 unspecified atom stereocenters. The summed E-state index contributed by atoms with van der Waals surface area (Å²) in [7, 11) is 0. The molecule has 0 spiro atoms. The first-order valence-corrected chi connectivity index (χ1v) is 6.48. The van der Waals surface area contributed by atoms with Gasteiger partial charge >= 0.3 is 6.18 Å². The van der Waals surface area contributed by atoms with Gasteiger partial charge < -0.3 is 5.32 Å². The molecule has 0 aromatic heterocycles. The summed E-state index contributed by atoms with van der Waals surface area (Å²) in [5, 5.41) is 3.17. The van der Waals surface area contributed by atoms with Crippen LogP contribution in [-0.2, 0) is 12.6 Å². The summed E-state index contributed by atoms with van der Waals surface area (Å²) >= 11 is 0. The predicted molar refractivity (Wildman–Crippen MR) is 65.6 cm³/mol. The molecule has 1 aliphatic heterocycles. The van der Waals surface area contributed by atoms with Gasteiger partial charge in [-0.3, -0.25) is 0 Å². The lowest BCUT2D eigenvalue weighted by Crippen LogP contribution is -2.33. The van der Waals surface area contributed by atoms with Gasteiger partial charge in [0.15, 0.2) is 0 Å². The molecule has 0 saturated carbocycles. The molecule has 1 fully saturated rings. The third-order valence-electron chi connectivity index (χ3n) is 3.61. The van der Waals surface area contributed by atoms with Crippen LogP contribution in [0, 0.1) is 5.92 Å². The zero-order valence-electron chi connectivity index (χ0n) is 10.5. The van der Waals surface area contributed by atoms with E-state index in [9.17, 15) is 17.6 Å². The molecule has 0 amide bonds. The fourth-order valence-corrected chi connectivity index (χ4v) is 2.43. The first-order valence-electron chi connectivity index (χ1n) is 6.48. The topological polar surface area (TPSA) is 12.0 Å². The van der Waals surface area contributed by atoms with Gasteiger partial charge in [0.2, 0.25) is 0 Å². The van der Waals surface area contributed by atoms with E-state index in [-0.39, 0.29) is 12.3 Å². The number of piperidine rings is 1. The van der Waals surface area contributed by atoms with Gasteiger partial charge in [0.25, 0.3) is 0 Å². The number of rotatable bonds is 3. The van der Waals surface area contributed by atoms with E-state index in [0.29, 0.717) is 5.56 Å². The predicted octanol–water partition coefficient (Wildman–Crippen LogP) is 3.59. The van der Waals surface area contributed by atoms with Crippen LogP contribution in [0.15, 0.2) is 24.3 Å². The maximum Gasteiger partial charge on any atom is 0.416 e. The van der Waals surface area contributed by atoms with E-state index in [1.807, 2.05) is 0 Å². The number of hydrogen-bond donors (Lipinski definition) is 1. The van der Waals surface area contributed by atoms with E-state index in [0.717, 1.165) is 38.1 Å². The molecule has 2 rings (SSSR count). The van der Waals surface area contributed by atoms with E-state index in [2.05, 4.69) is 5.32 Å². The summed E-state index contributed by atoms with van der Waals surface area (Å²) < 4.78 is 51.2. The fraction of sp³-hybridized carbons (Fsp3) is 0.571. The third kappa shape index (κ3) is 3.93. The van der Waals surface area contributed by atoms with Crippen LogP contribution < -0.4 is 5.32 Å². The minimum atomic E-state index is -4.33. The molecule has 19 heavy (non-hydrogen) atoms. The molecule has 0 aliphatic carbocycles. The van der Waals surface area contributed by atoms with E-state index in [4.69, 9.17) is 0 Å². The highest BCUT2D eigenvalue weighted by molar-refractivity contribution is 5.25. The van der Waals surface area contributed by atoms with Crippen LogP contribution in [-0.4, -0.2) is 19.3 Å². The first kappa shape index (κ1) is 14.3. The van der Waals surface area contributed by atoms with Crippen molar-refractivity contribution in [1.82, 2.24) is 5.32 Å². The van der Waals surface area contributed by atoms with Gasteiger partial charge in [0.1, 0.15) is 6.17 Å². The van der Waals surface area contributed by atoms with Crippen molar-refractivity contribution in [2.75, 3.05) is 13.1 Å². The highest BCUT2D eigenvalue weighted by atomic mass is 19.4. The Labute approximate surface area is 110 Å². The molecule has 1 heterocycles. The lowest BCUT2D eigenvalue weighted by atomic mass is 9.89. The van der Waals surface area contributed by atoms with Crippen molar-refractivity contribution in [3.63, 3.8) is 0 Å². The lowest BCUT2D eigenvalue weighted by molar-refractivity contribution is -0.137. The Morgan fingerprint density at radius 1 is 1.11 bits per heavy atom. The van der Waals surface area contributed by atoms with Crippen LogP contribution in [0.25, 0.3) is 0 Å². The third-order valence-corrected chi connectivity index (χ3v) is 3.61. The molecule has 1 aromatic rings. The summed E-state index contributed by atoms with van der Waals surface area (Å²) in [6.45, 7) is 1.64. The van der Waals surface area contributed by atoms with Crippen LogP contribution in [0.5, 0.6) is 0 Å². The van der Waals surface area contributed by atoms with Gasteiger partial charge in [-0.15, -0.1) is 0 Å². The molecule has 1 aromatic carbocycles. The van der Waals surface area contributed by atoms with Crippen LogP contribution in [0.2, 0.25) is 0 Å². The summed E-state index contributed by atoms with van der Waals surface area (Å²) in [4.78, 5) is 0. The van der Waals surface area contributed by atoms with Gasteiger partial charge in [-0.2, -0.15) is 13.2 Å². The highest BCUT2D eigenvalue weighted by Gasteiger charge is 2.30. The Balaban J connectivity index is 1.95. The zero-order valence-corrected chi connectivity index (χ0v) is 10.5. The zero-order chi connectivity index (χ0) is 13.9. The van der Waals surface area contributed by atoms with Crippen molar-refractivity contribution in [3.8, 4) is 0 Å². The molecule has 1 aliphatic rings. The van der Waals surface area contributed by atoms with Crippen molar-refractivity contribution in [1.29, 1.82) is 0 Å². The standard InChI is InChI=1S/C14H17F4N/c15-13(11-5-7-19-8-6-11)9-10-1-3-12(4-2-10)14(16,17)18/h1-4,11,13,19H,5-9H2. The molecule has 1 N–H and O–H groups in total. The summed E-state index contributed by atoms with van der Waals surface area (Å²) in [6.07, 6.45) is -3.52. The second-order valence-corrected chi connectivity index (χ2v) is 5.00. The SMILES string of the molecule is FC(Cc1ccc(C(F)(F)F)cc1)C1CCNCC1. The van der Waals surface area contributed by atoms with E-state index in [1.165, 1.54) is 12.1 Å². The summed E-state index contributed by atoms with van der Waals surface area (Å²) in [5.74, 6) is 0.0172. The number of benzene rings is 1. The van der Waals surface area contributed by atoms with Gasteiger partial charge in [-0.05, 0) is 49.5 Å². The average Bonchev–Trinajstić information content (AvgIpc) is 2.39. The Morgan fingerprint density at radius 2 is 1.68 bits per heavy atom. The van der Waals surface area contributed by atoms with Crippen molar-refractivity contribution in [2.24, 2.45) is 5.92 Å². The molecular formula is C14H17F4N. The monoisotopic (exact) mass is 275 g/mol. The maximum absolute atomic E-state index is 14.1. The van der Waals surface area contributed by atoms with Gasteiger partial charge in [0, 0.05) is 6.42 Å². The van der Waals surface area contributed by atoms with E-state index < -0.39 is 17.9 Å². The van der Waals surface area contributed by atoms with Crippen LogP contribution in [0.4, 0.5) is 17.6 Å². The normalized spacial score (nSPS) is 19.4. The number of nitrogens with one attached hydrogen (secondary N) is 1. The van der Waals surface area contributed by atoms with Gasteiger partial charge in [0.05, 0.1) is 5.56 Å². The summed E-state index contributed by atoms with van der Waals surface area (Å²) in [5.41, 5.74) is -0.0624. The number of hydrogen-bond acceptors (Lipinski definition) is 1. The lowest BCUT2D eigenvalue weighted by Gasteiger charge is -2.25. The maximum atomic E-state index is 14.1. The van der Waals surface area contributed by atoms with Crippen molar-refractivity contribution >= 4 is 0 Å². The van der Waals surface area contributed by atoms with Crippen molar-refractivity contribution in [2.45, 2.75) is 31.6 Å². The average molecular weight is 275 g/mol. The van der Waals surface area contributed by atoms with Crippen LogP contribution in [0.3, 0.4) is 0 Å². The second kappa shape index (κ2) is 5.90. The molecule has 1 saturated heterocycles. The molecule has 106 valence electrons. The van der Waals surface area contributed by atoms with Crippen molar-refractivity contribution < 1.29 is 17.6 Å². The number of halogens is 4. The molecule has 0 radical (unpaired) electrons. The molecular weight excluding hydrogens is 258 g/mol. The molecule has 1 atom stereocenters. The highest BCUT2D eigenvalue weighted by Crippen LogP contribution is 2.30. The van der Waals surface area contributed by atoms with Crippen LogP contribution in [0.1, 0.15) is 24.0 Å². The first-order chi connectivity index (χ1) is 8.97. The Bertz CT molecular complexity index is 393. The molecule has 0 bridgehead atoms. The minimum absolute atomic E-state index is 0.0172. The number of alkyl halides is 4. The molecule has 5 heteroatoms. The second-order valence-electron chi connectivity index (χ2n) is 5.00. The van der Waals surface area contributed by atoms with Gasteiger partial charge in [-0.1, -0.05) is 12.1 Å². The van der Waals surface area contributed by atoms with E-state index >= 15 is 0 Å².